The van der Waals surface area contributed by atoms with E-state index in [4.69, 9.17) is 4.99 Å². The minimum atomic E-state index is 0.573. The van der Waals surface area contributed by atoms with Crippen molar-refractivity contribution in [2.24, 2.45) is 4.99 Å². The zero-order valence-electron chi connectivity index (χ0n) is 13.0. The summed E-state index contributed by atoms with van der Waals surface area (Å²) in [5, 5.41) is 10.1. The lowest BCUT2D eigenvalue weighted by atomic mass is 10.0. The maximum absolute atomic E-state index is 9.41. The number of nitrogens with zero attached hydrogens (tertiary/aromatic N) is 2. The fraction of sp³-hybridized carbons (Fsp3) is 0.0476. The van der Waals surface area contributed by atoms with E-state index >= 15 is 0 Å². The summed E-state index contributed by atoms with van der Waals surface area (Å²) in [6.45, 7) is 0. The molecular weight excluding hydrogens is 360 g/mol. The van der Waals surface area contributed by atoms with Gasteiger partial charge in [-0.15, -0.1) is 0 Å². The third-order valence-corrected chi connectivity index (χ3v) is 4.31. The van der Waals surface area contributed by atoms with Crippen molar-refractivity contribution in [2.45, 2.75) is 5.33 Å². The molecule has 0 aliphatic carbocycles. The van der Waals surface area contributed by atoms with Crippen LogP contribution in [0.3, 0.4) is 0 Å². The number of rotatable bonds is 4. The van der Waals surface area contributed by atoms with Crippen molar-refractivity contribution in [2.75, 3.05) is 0 Å². The van der Waals surface area contributed by atoms with Crippen LogP contribution in [-0.4, -0.2) is 5.71 Å². The Labute approximate surface area is 150 Å². The minimum Gasteiger partial charge on any atom is -0.246 e. The van der Waals surface area contributed by atoms with E-state index in [1.807, 2.05) is 78.9 Å². The Kier molecular flexibility index (Phi) is 5.20. The van der Waals surface area contributed by atoms with E-state index in [2.05, 4.69) is 22.0 Å². The third kappa shape index (κ3) is 3.61. The summed E-state index contributed by atoms with van der Waals surface area (Å²) in [4.78, 5) is 4.85. The van der Waals surface area contributed by atoms with Crippen molar-refractivity contribution < 1.29 is 0 Å². The first-order chi connectivity index (χ1) is 11.8. The van der Waals surface area contributed by atoms with Crippen molar-refractivity contribution in [3.05, 3.63) is 101 Å². The average Bonchev–Trinajstić information content (AvgIpc) is 2.67. The summed E-state index contributed by atoms with van der Waals surface area (Å²) < 4.78 is 0. The first-order valence-electron chi connectivity index (χ1n) is 7.60. The van der Waals surface area contributed by atoms with Gasteiger partial charge < -0.3 is 0 Å². The van der Waals surface area contributed by atoms with Crippen molar-refractivity contribution in [3.63, 3.8) is 0 Å². The van der Waals surface area contributed by atoms with Crippen LogP contribution in [-0.2, 0) is 5.33 Å². The van der Waals surface area contributed by atoms with Crippen LogP contribution in [0.5, 0.6) is 0 Å². The molecule has 3 aromatic rings. The molecule has 2 nitrogen and oxygen atoms in total. The van der Waals surface area contributed by atoms with Gasteiger partial charge in [-0.3, -0.25) is 0 Å². The summed E-state index contributed by atoms with van der Waals surface area (Å²) in [5.41, 5.74) is 5.27. The molecule has 0 unspecified atom stereocenters. The van der Waals surface area contributed by atoms with E-state index in [0.29, 0.717) is 11.3 Å². The number of alkyl halides is 1. The van der Waals surface area contributed by atoms with Crippen molar-refractivity contribution >= 4 is 27.3 Å². The van der Waals surface area contributed by atoms with Gasteiger partial charge in [0.2, 0.25) is 0 Å². The van der Waals surface area contributed by atoms with E-state index in [1.165, 1.54) is 0 Å². The zero-order valence-corrected chi connectivity index (χ0v) is 14.6. The fourth-order valence-electron chi connectivity index (χ4n) is 2.46. The Morgan fingerprint density at radius 3 is 1.96 bits per heavy atom. The van der Waals surface area contributed by atoms with Crippen LogP contribution in [0.1, 0.15) is 22.3 Å². The van der Waals surface area contributed by atoms with Crippen LogP contribution < -0.4 is 0 Å². The molecule has 0 saturated heterocycles. The highest BCUT2D eigenvalue weighted by atomic mass is 79.9. The van der Waals surface area contributed by atoms with E-state index in [-0.39, 0.29) is 0 Å². The molecule has 0 saturated carbocycles. The molecule has 3 aromatic carbocycles. The monoisotopic (exact) mass is 374 g/mol. The quantitative estimate of drug-likeness (QED) is 0.431. The molecule has 0 aliphatic rings. The second kappa shape index (κ2) is 7.72. The van der Waals surface area contributed by atoms with Crippen LogP contribution in [0.15, 0.2) is 83.9 Å². The summed E-state index contributed by atoms with van der Waals surface area (Å²) in [5.74, 6) is 0. The molecule has 0 amide bonds. The first kappa shape index (κ1) is 16.2. The van der Waals surface area contributed by atoms with Crippen molar-refractivity contribution in [3.8, 4) is 6.07 Å². The minimum absolute atomic E-state index is 0.573. The van der Waals surface area contributed by atoms with Crippen LogP contribution in [0.25, 0.3) is 0 Å². The van der Waals surface area contributed by atoms with E-state index in [1.54, 1.807) is 0 Å². The lowest BCUT2D eigenvalue weighted by Gasteiger charge is -2.09. The number of hydrogen-bond acceptors (Lipinski definition) is 2. The molecule has 0 aromatic heterocycles. The molecule has 0 spiro atoms. The van der Waals surface area contributed by atoms with Crippen LogP contribution in [0, 0.1) is 11.3 Å². The fourth-order valence-corrected chi connectivity index (χ4v) is 2.80. The van der Waals surface area contributed by atoms with Gasteiger partial charge in [0.1, 0.15) is 6.07 Å². The van der Waals surface area contributed by atoms with Crippen molar-refractivity contribution in [1.29, 1.82) is 5.26 Å². The van der Waals surface area contributed by atoms with Gasteiger partial charge in [0.05, 0.1) is 17.0 Å². The van der Waals surface area contributed by atoms with Gasteiger partial charge in [0.25, 0.3) is 0 Å². The molecule has 0 heterocycles. The summed E-state index contributed by atoms with van der Waals surface area (Å²) in [6.07, 6.45) is 0. The Balaban J connectivity index is 2.20. The summed E-state index contributed by atoms with van der Waals surface area (Å²) in [7, 11) is 0. The molecule has 24 heavy (non-hydrogen) atoms. The maximum atomic E-state index is 9.41. The predicted molar refractivity (Wildman–Crippen MR) is 102 cm³/mol. The second-order valence-electron chi connectivity index (χ2n) is 5.29. The van der Waals surface area contributed by atoms with E-state index < -0.39 is 0 Å². The van der Waals surface area contributed by atoms with Gasteiger partial charge in [-0.2, -0.15) is 5.26 Å². The molecule has 0 N–H and O–H groups in total. The lowest BCUT2D eigenvalue weighted by Crippen LogP contribution is -2.03. The largest absolute Gasteiger partial charge is 0.246 e. The smallest absolute Gasteiger partial charge is 0.101 e. The van der Waals surface area contributed by atoms with Gasteiger partial charge in [-0.25, -0.2) is 4.99 Å². The normalized spacial score (nSPS) is 10.0. The maximum Gasteiger partial charge on any atom is 0.101 e. The molecule has 0 aliphatic heterocycles. The molecule has 0 atom stereocenters. The molecule has 3 rings (SSSR count). The van der Waals surface area contributed by atoms with Crippen LogP contribution >= 0.6 is 15.9 Å². The highest BCUT2D eigenvalue weighted by Gasteiger charge is 2.09. The highest BCUT2D eigenvalue weighted by Crippen LogP contribution is 2.24. The molecular formula is C21H15BrN2. The van der Waals surface area contributed by atoms with Gasteiger partial charge >= 0.3 is 0 Å². The number of aliphatic imine (C=N–C) groups is 1. The number of benzene rings is 3. The average molecular weight is 375 g/mol. The Bertz CT molecular complexity index is 853. The predicted octanol–water partition coefficient (Wildman–Crippen LogP) is 5.62. The summed E-state index contributed by atoms with van der Waals surface area (Å²) >= 11 is 3.46. The summed E-state index contributed by atoms with van der Waals surface area (Å²) in [6, 6.07) is 28.0. The van der Waals surface area contributed by atoms with E-state index in [9.17, 15) is 5.26 Å². The molecule has 3 heteroatoms. The van der Waals surface area contributed by atoms with Gasteiger partial charge in [0.15, 0.2) is 0 Å². The second-order valence-corrected chi connectivity index (χ2v) is 5.85. The highest BCUT2D eigenvalue weighted by molar-refractivity contribution is 9.08. The number of hydrogen-bond donors (Lipinski definition) is 0. The van der Waals surface area contributed by atoms with Crippen LogP contribution in [0.4, 0.5) is 5.69 Å². The molecule has 0 fully saturated rings. The Morgan fingerprint density at radius 1 is 0.875 bits per heavy atom. The number of nitriles is 1. The molecule has 116 valence electrons. The third-order valence-electron chi connectivity index (χ3n) is 3.66. The van der Waals surface area contributed by atoms with Crippen LogP contribution in [0.2, 0.25) is 0 Å². The lowest BCUT2D eigenvalue weighted by molar-refractivity contribution is 1.36. The van der Waals surface area contributed by atoms with Crippen molar-refractivity contribution in [1.82, 2.24) is 0 Å². The van der Waals surface area contributed by atoms with E-state index in [0.717, 1.165) is 27.7 Å². The van der Waals surface area contributed by atoms with Gasteiger partial charge in [-0.1, -0.05) is 82.7 Å². The molecule has 0 radical (unpaired) electrons. The first-order valence-corrected chi connectivity index (χ1v) is 8.72. The SMILES string of the molecule is N#Cc1ccc(CBr)cc1N=C(c1ccccc1)c1ccccc1. The van der Waals surface area contributed by atoms with Gasteiger partial charge in [0, 0.05) is 16.5 Å². The Hall–Kier alpha value is -2.70. The topological polar surface area (TPSA) is 36.1 Å². The number of halogens is 1. The van der Waals surface area contributed by atoms with Gasteiger partial charge in [-0.05, 0) is 17.7 Å². The standard InChI is InChI=1S/C21H15BrN2/c22-14-16-11-12-19(15-23)20(13-16)24-21(17-7-3-1-4-8-17)18-9-5-2-6-10-18/h1-13H,14H2. The molecule has 0 bridgehead atoms. The Morgan fingerprint density at radius 2 is 1.46 bits per heavy atom. The zero-order chi connectivity index (χ0) is 16.8.